The standard InChI is InChI=1S/C10H16N4O/c15-8-4-2-6-14-9(12-13-10(8)14)7-3-1-5-11-7/h7-8,11,15H,1-6H2. The molecule has 1 aromatic heterocycles. The van der Waals surface area contributed by atoms with Crippen molar-refractivity contribution in [1.82, 2.24) is 20.1 Å². The average molecular weight is 208 g/mol. The van der Waals surface area contributed by atoms with Gasteiger partial charge in [-0.1, -0.05) is 0 Å². The number of aromatic nitrogens is 3. The fourth-order valence-corrected chi connectivity index (χ4v) is 2.54. The summed E-state index contributed by atoms with van der Waals surface area (Å²) in [6.45, 7) is 2.02. The maximum atomic E-state index is 9.77. The average Bonchev–Trinajstić information content (AvgIpc) is 2.85. The predicted molar refractivity (Wildman–Crippen MR) is 54.2 cm³/mol. The monoisotopic (exact) mass is 208 g/mol. The van der Waals surface area contributed by atoms with E-state index in [1.807, 2.05) is 0 Å². The smallest absolute Gasteiger partial charge is 0.162 e. The maximum Gasteiger partial charge on any atom is 0.162 e. The molecule has 0 spiro atoms. The number of hydrogen-bond donors (Lipinski definition) is 2. The van der Waals surface area contributed by atoms with Crippen LogP contribution >= 0.6 is 0 Å². The van der Waals surface area contributed by atoms with E-state index in [1.54, 1.807) is 0 Å². The van der Waals surface area contributed by atoms with E-state index in [0.29, 0.717) is 6.04 Å². The molecule has 2 atom stereocenters. The second kappa shape index (κ2) is 3.57. The molecular formula is C10H16N4O. The van der Waals surface area contributed by atoms with Crippen molar-refractivity contribution in [3.63, 3.8) is 0 Å². The van der Waals surface area contributed by atoms with Gasteiger partial charge in [-0.2, -0.15) is 0 Å². The van der Waals surface area contributed by atoms with Crippen LogP contribution in [0, 0.1) is 0 Å². The van der Waals surface area contributed by atoms with Gasteiger partial charge in [0.05, 0.1) is 6.04 Å². The zero-order valence-electron chi connectivity index (χ0n) is 8.69. The third kappa shape index (κ3) is 1.46. The lowest BCUT2D eigenvalue weighted by Crippen LogP contribution is -2.22. The number of aliphatic hydroxyl groups excluding tert-OH is 1. The van der Waals surface area contributed by atoms with Crippen molar-refractivity contribution < 1.29 is 5.11 Å². The Hall–Kier alpha value is -0.940. The zero-order chi connectivity index (χ0) is 10.3. The summed E-state index contributed by atoms with van der Waals surface area (Å²) in [6.07, 6.45) is 3.76. The highest BCUT2D eigenvalue weighted by atomic mass is 16.3. The largest absolute Gasteiger partial charge is 0.385 e. The van der Waals surface area contributed by atoms with E-state index >= 15 is 0 Å². The zero-order valence-corrected chi connectivity index (χ0v) is 8.69. The minimum atomic E-state index is -0.415. The molecule has 15 heavy (non-hydrogen) atoms. The molecule has 0 saturated carbocycles. The highest BCUT2D eigenvalue weighted by Crippen LogP contribution is 2.28. The summed E-state index contributed by atoms with van der Waals surface area (Å²) in [5, 5.41) is 21.5. The topological polar surface area (TPSA) is 63.0 Å². The molecule has 0 amide bonds. The van der Waals surface area contributed by atoms with Gasteiger partial charge in [0, 0.05) is 6.54 Å². The van der Waals surface area contributed by atoms with Gasteiger partial charge < -0.3 is 15.0 Å². The Bertz CT molecular complexity index is 356. The lowest BCUT2D eigenvalue weighted by molar-refractivity contribution is 0.132. The first-order chi connectivity index (χ1) is 7.36. The van der Waals surface area contributed by atoms with Crippen LogP contribution in [0.2, 0.25) is 0 Å². The van der Waals surface area contributed by atoms with Gasteiger partial charge in [0.1, 0.15) is 11.9 Å². The van der Waals surface area contributed by atoms with Gasteiger partial charge in [-0.05, 0) is 32.2 Å². The highest BCUT2D eigenvalue weighted by Gasteiger charge is 2.28. The summed E-state index contributed by atoms with van der Waals surface area (Å²) in [7, 11) is 0. The lowest BCUT2D eigenvalue weighted by atomic mass is 10.1. The summed E-state index contributed by atoms with van der Waals surface area (Å²) in [4.78, 5) is 0. The fourth-order valence-electron chi connectivity index (χ4n) is 2.54. The van der Waals surface area contributed by atoms with E-state index in [-0.39, 0.29) is 0 Å². The molecule has 0 radical (unpaired) electrons. The molecule has 1 saturated heterocycles. The minimum absolute atomic E-state index is 0.344. The van der Waals surface area contributed by atoms with Crippen molar-refractivity contribution in [1.29, 1.82) is 0 Å². The summed E-state index contributed by atoms with van der Waals surface area (Å²) in [6, 6.07) is 0.344. The van der Waals surface area contributed by atoms with Gasteiger partial charge in [0.25, 0.3) is 0 Å². The molecule has 0 bridgehead atoms. The number of nitrogens with one attached hydrogen (secondary N) is 1. The minimum Gasteiger partial charge on any atom is -0.385 e. The summed E-state index contributed by atoms with van der Waals surface area (Å²) >= 11 is 0. The molecule has 2 aliphatic rings. The quantitative estimate of drug-likeness (QED) is 0.706. The Morgan fingerprint density at radius 1 is 1.20 bits per heavy atom. The molecule has 82 valence electrons. The predicted octanol–water partition coefficient (Wildman–Crippen LogP) is 0.530. The lowest BCUT2D eigenvalue weighted by Gasteiger charge is -2.21. The van der Waals surface area contributed by atoms with Crippen molar-refractivity contribution in [2.45, 2.75) is 44.4 Å². The highest BCUT2D eigenvalue weighted by molar-refractivity contribution is 5.06. The van der Waals surface area contributed by atoms with Crippen LogP contribution in [0.15, 0.2) is 0 Å². The normalized spacial score (nSPS) is 30.5. The maximum absolute atomic E-state index is 9.77. The Morgan fingerprint density at radius 3 is 2.87 bits per heavy atom. The van der Waals surface area contributed by atoms with Gasteiger partial charge >= 0.3 is 0 Å². The molecule has 1 fully saturated rings. The first kappa shape index (κ1) is 9.30. The van der Waals surface area contributed by atoms with Crippen LogP contribution in [-0.2, 0) is 6.54 Å². The molecule has 2 N–H and O–H groups in total. The van der Waals surface area contributed by atoms with Crippen LogP contribution in [0.4, 0.5) is 0 Å². The first-order valence-electron chi connectivity index (χ1n) is 5.70. The van der Waals surface area contributed by atoms with Crippen LogP contribution in [0.25, 0.3) is 0 Å². The number of hydrogen-bond acceptors (Lipinski definition) is 4. The summed E-state index contributed by atoms with van der Waals surface area (Å²) in [5.41, 5.74) is 0. The van der Waals surface area contributed by atoms with Crippen molar-refractivity contribution in [2.24, 2.45) is 0 Å². The van der Waals surface area contributed by atoms with E-state index in [9.17, 15) is 5.11 Å². The number of fused-ring (bicyclic) bond motifs is 1. The molecule has 3 rings (SSSR count). The molecule has 0 aromatic carbocycles. The van der Waals surface area contributed by atoms with Crippen LogP contribution < -0.4 is 5.32 Å². The third-order valence-corrected chi connectivity index (χ3v) is 3.34. The Kier molecular flexibility index (Phi) is 2.21. The van der Waals surface area contributed by atoms with Gasteiger partial charge in [0.15, 0.2) is 5.82 Å². The second-order valence-corrected chi connectivity index (χ2v) is 4.38. The summed E-state index contributed by atoms with van der Waals surface area (Å²) in [5.74, 6) is 1.77. The van der Waals surface area contributed by atoms with Crippen molar-refractivity contribution in [2.75, 3.05) is 6.54 Å². The first-order valence-corrected chi connectivity index (χ1v) is 5.70. The van der Waals surface area contributed by atoms with Crippen LogP contribution in [-0.4, -0.2) is 26.4 Å². The van der Waals surface area contributed by atoms with Gasteiger partial charge in [-0.15, -0.1) is 10.2 Å². The van der Waals surface area contributed by atoms with E-state index in [1.165, 1.54) is 6.42 Å². The molecule has 3 heterocycles. The van der Waals surface area contributed by atoms with Crippen LogP contribution in [0.5, 0.6) is 0 Å². The Morgan fingerprint density at radius 2 is 2.07 bits per heavy atom. The van der Waals surface area contributed by atoms with Crippen molar-refractivity contribution in [3.05, 3.63) is 11.6 Å². The number of rotatable bonds is 1. The molecule has 2 unspecified atom stereocenters. The molecular weight excluding hydrogens is 192 g/mol. The SMILES string of the molecule is OC1CCCn2c1nnc2C1CCCN1. The van der Waals surface area contributed by atoms with E-state index in [2.05, 4.69) is 20.1 Å². The second-order valence-electron chi connectivity index (χ2n) is 4.38. The van der Waals surface area contributed by atoms with E-state index in [4.69, 9.17) is 0 Å². The van der Waals surface area contributed by atoms with Gasteiger partial charge in [-0.3, -0.25) is 0 Å². The molecule has 0 aliphatic carbocycles. The van der Waals surface area contributed by atoms with Crippen LogP contribution in [0.1, 0.15) is 49.5 Å². The molecule has 5 nitrogen and oxygen atoms in total. The number of aliphatic hydroxyl groups is 1. The third-order valence-electron chi connectivity index (χ3n) is 3.34. The fraction of sp³-hybridized carbons (Fsp3) is 0.800. The number of nitrogens with zero attached hydrogens (tertiary/aromatic N) is 3. The molecule has 1 aromatic rings. The van der Waals surface area contributed by atoms with E-state index in [0.717, 1.165) is 44.0 Å². The Balaban J connectivity index is 1.95. The van der Waals surface area contributed by atoms with Crippen molar-refractivity contribution in [3.8, 4) is 0 Å². The van der Waals surface area contributed by atoms with Gasteiger partial charge in [-0.25, -0.2) is 0 Å². The van der Waals surface area contributed by atoms with Crippen LogP contribution in [0.3, 0.4) is 0 Å². The summed E-state index contributed by atoms with van der Waals surface area (Å²) < 4.78 is 2.09. The molecule has 2 aliphatic heterocycles. The Labute approximate surface area is 88.5 Å². The van der Waals surface area contributed by atoms with Gasteiger partial charge in [0.2, 0.25) is 0 Å². The van der Waals surface area contributed by atoms with Crippen molar-refractivity contribution >= 4 is 0 Å². The van der Waals surface area contributed by atoms with E-state index < -0.39 is 6.10 Å². The molecule has 5 heteroatoms.